The SMILES string of the molecule is CC(C)(C(=O)NCCNS(C)(=O)=O)N1CCNCC1. The van der Waals surface area contributed by atoms with Gasteiger partial charge in [0.15, 0.2) is 0 Å². The van der Waals surface area contributed by atoms with Crippen LogP contribution in [0.25, 0.3) is 0 Å². The molecule has 0 saturated carbocycles. The first-order valence-electron chi connectivity index (χ1n) is 6.42. The lowest BCUT2D eigenvalue weighted by Gasteiger charge is -2.39. The van der Waals surface area contributed by atoms with Crippen molar-refractivity contribution in [3.05, 3.63) is 0 Å². The average molecular weight is 292 g/mol. The van der Waals surface area contributed by atoms with E-state index in [9.17, 15) is 13.2 Å². The minimum absolute atomic E-state index is 0.0790. The molecule has 19 heavy (non-hydrogen) atoms. The van der Waals surface area contributed by atoms with Crippen LogP contribution in [0.4, 0.5) is 0 Å². The predicted molar refractivity (Wildman–Crippen MR) is 74.4 cm³/mol. The topological polar surface area (TPSA) is 90.5 Å². The molecule has 1 amide bonds. The van der Waals surface area contributed by atoms with E-state index in [0.717, 1.165) is 32.4 Å². The van der Waals surface area contributed by atoms with Crippen LogP contribution >= 0.6 is 0 Å². The summed E-state index contributed by atoms with van der Waals surface area (Å²) in [5.41, 5.74) is -0.576. The minimum atomic E-state index is -3.20. The highest BCUT2D eigenvalue weighted by atomic mass is 32.2. The summed E-state index contributed by atoms with van der Waals surface area (Å²) in [4.78, 5) is 14.3. The van der Waals surface area contributed by atoms with Crippen molar-refractivity contribution in [2.24, 2.45) is 0 Å². The van der Waals surface area contributed by atoms with Gasteiger partial charge in [-0.25, -0.2) is 13.1 Å². The number of rotatable bonds is 6. The van der Waals surface area contributed by atoms with E-state index in [2.05, 4.69) is 20.3 Å². The van der Waals surface area contributed by atoms with Crippen molar-refractivity contribution in [3.8, 4) is 0 Å². The van der Waals surface area contributed by atoms with Gasteiger partial charge in [-0.2, -0.15) is 0 Å². The van der Waals surface area contributed by atoms with Crippen LogP contribution in [0, 0.1) is 0 Å². The quantitative estimate of drug-likeness (QED) is 0.510. The molecule has 1 aliphatic heterocycles. The summed E-state index contributed by atoms with van der Waals surface area (Å²) in [6, 6.07) is 0. The van der Waals surface area contributed by atoms with Crippen molar-refractivity contribution < 1.29 is 13.2 Å². The van der Waals surface area contributed by atoms with Gasteiger partial charge < -0.3 is 10.6 Å². The van der Waals surface area contributed by atoms with Gasteiger partial charge in [-0.05, 0) is 13.8 Å². The zero-order chi connectivity index (χ0) is 14.5. The molecule has 112 valence electrons. The Labute approximate surface area is 115 Å². The molecule has 1 saturated heterocycles. The standard InChI is InChI=1S/C11H24N4O3S/c1-11(2,15-8-6-12-7-9-15)10(16)13-4-5-14-19(3,17)18/h12,14H,4-9H2,1-3H3,(H,13,16). The largest absolute Gasteiger partial charge is 0.353 e. The van der Waals surface area contributed by atoms with Gasteiger partial charge in [0.1, 0.15) is 0 Å². The van der Waals surface area contributed by atoms with Crippen molar-refractivity contribution in [3.63, 3.8) is 0 Å². The molecule has 0 spiro atoms. The summed E-state index contributed by atoms with van der Waals surface area (Å²) in [7, 11) is -3.20. The molecule has 1 heterocycles. The van der Waals surface area contributed by atoms with Crippen molar-refractivity contribution in [2.45, 2.75) is 19.4 Å². The molecule has 3 N–H and O–H groups in total. The van der Waals surface area contributed by atoms with Gasteiger partial charge in [-0.15, -0.1) is 0 Å². The van der Waals surface area contributed by atoms with E-state index in [4.69, 9.17) is 0 Å². The fourth-order valence-electron chi connectivity index (χ4n) is 2.00. The van der Waals surface area contributed by atoms with Gasteiger partial charge in [0.05, 0.1) is 11.8 Å². The Morgan fingerprint density at radius 2 is 1.84 bits per heavy atom. The molecule has 0 aliphatic carbocycles. The summed E-state index contributed by atoms with van der Waals surface area (Å²) in [5, 5.41) is 6.01. The third-order valence-corrected chi connectivity index (χ3v) is 3.97. The number of hydrogen-bond acceptors (Lipinski definition) is 5. The third-order valence-electron chi connectivity index (χ3n) is 3.24. The maximum Gasteiger partial charge on any atom is 0.239 e. The van der Waals surface area contributed by atoms with E-state index in [1.165, 1.54) is 0 Å². The lowest BCUT2D eigenvalue weighted by Crippen LogP contribution is -2.60. The van der Waals surface area contributed by atoms with Gasteiger partial charge in [0.2, 0.25) is 15.9 Å². The van der Waals surface area contributed by atoms with Crippen LogP contribution in [0.5, 0.6) is 0 Å². The maximum absolute atomic E-state index is 12.1. The molecular formula is C11H24N4O3S. The molecule has 0 radical (unpaired) electrons. The van der Waals surface area contributed by atoms with E-state index in [1.807, 2.05) is 13.8 Å². The Morgan fingerprint density at radius 1 is 1.26 bits per heavy atom. The first kappa shape index (κ1) is 16.4. The fraction of sp³-hybridized carbons (Fsp3) is 0.909. The molecule has 1 aliphatic rings. The molecule has 1 rings (SSSR count). The first-order valence-corrected chi connectivity index (χ1v) is 8.31. The number of amides is 1. The van der Waals surface area contributed by atoms with E-state index in [0.29, 0.717) is 6.54 Å². The Balaban J connectivity index is 2.38. The van der Waals surface area contributed by atoms with Crippen LogP contribution in [0.3, 0.4) is 0 Å². The maximum atomic E-state index is 12.1. The number of sulfonamides is 1. The second-order valence-corrected chi connectivity index (χ2v) is 7.05. The van der Waals surface area contributed by atoms with Gasteiger partial charge in [0.25, 0.3) is 0 Å². The van der Waals surface area contributed by atoms with Gasteiger partial charge in [-0.3, -0.25) is 9.69 Å². The lowest BCUT2D eigenvalue weighted by molar-refractivity contribution is -0.132. The molecule has 0 aromatic rings. The summed E-state index contributed by atoms with van der Waals surface area (Å²) in [5.74, 6) is -0.0790. The number of carbonyl (C=O) groups excluding carboxylic acids is 1. The van der Waals surface area contributed by atoms with Crippen LogP contribution < -0.4 is 15.4 Å². The average Bonchev–Trinajstić information content (AvgIpc) is 2.34. The zero-order valence-electron chi connectivity index (χ0n) is 11.8. The Morgan fingerprint density at radius 3 is 2.37 bits per heavy atom. The molecule has 1 fully saturated rings. The molecule has 0 atom stereocenters. The van der Waals surface area contributed by atoms with Crippen LogP contribution in [-0.4, -0.2) is 70.3 Å². The molecule has 0 aromatic carbocycles. The predicted octanol–water partition coefficient (Wildman–Crippen LogP) is -1.66. The third kappa shape index (κ3) is 5.43. The molecule has 8 heteroatoms. The Hall–Kier alpha value is -0.700. The summed E-state index contributed by atoms with van der Waals surface area (Å²) >= 11 is 0. The lowest BCUT2D eigenvalue weighted by atomic mass is 10.0. The number of hydrogen-bond donors (Lipinski definition) is 3. The smallest absolute Gasteiger partial charge is 0.239 e. The summed E-state index contributed by atoms with van der Waals surface area (Å²) < 4.78 is 24.1. The van der Waals surface area contributed by atoms with Crippen LogP contribution in [-0.2, 0) is 14.8 Å². The highest BCUT2D eigenvalue weighted by Crippen LogP contribution is 2.14. The minimum Gasteiger partial charge on any atom is -0.353 e. The zero-order valence-corrected chi connectivity index (χ0v) is 12.6. The van der Waals surface area contributed by atoms with Gasteiger partial charge >= 0.3 is 0 Å². The van der Waals surface area contributed by atoms with E-state index >= 15 is 0 Å². The Kier molecular flexibility index (Phi) is 5.72. The van der Waals surface area contributed by atoms with E-state index in [-0.39, 0.29) is 12.5 Å². The van der Waals surface area contributed by atoms with Crippen molar-refractivity contribution >= 4 is 15.9 Å². The second kappa shape index (κ2) is 6.65. The van der Waals surface area contributed by atoms with Crippen LogP contribution in [0.1, 0.15) is 13.8 Å². The summed E-state index contributed by atoms with van der Waals surface area (Å²) in [6.07, 6.45) is 1.10. The fourth-order valence-corrected chi connectivity index (χ4v) is 2.47. The van der Waals surface area contributed by atoms with Crippen LogP contribution in [0.15, 0.2) is 0 Å². The molecular weight excluding hydrogens is 268 g/mol. The highest BCUT2D eigenvalue weighted by molar-refractivity contribution is 7.88. The monoisotopic (exact) mass is 292 g/mol. The van der Waals surface area contributed by atoms with Gasteiger partial charge in [0, 0.05) is 39.3 Å². The summed E-state index contributed by atoms with van der Waals surface area (Å²) in [6.45, 7) is 7.71. The first-order chi connectivity index (χ1) is 8.73. The second-order valence-electron chi connectivity index (χ2n) is 5.22. The Bertz CT molecular complexity index is 402. The van der Waals surface area contributed by atoms with Crippen molar-refractivity contribution in [1.29, 1.82) is 0 Å². The highest BCUT2D eigenvalue weighted by Gasteiger charge is 2.34. The van der Waals surface area contributed by atoms with E-state index in [1.54, 1.807) is 0 Å². The van der Waals surface area contributed by atoms with Gasteiger partial charge in [-0.1, -0.05) is 0 Å². The number of carbonyl (C=O) groups is 1. The van der Waals surface area contributed by atoms with Crippen molar-refractivity contribution in [1.82, 2.24) is 20.3 Å². The number of piperazine rings is 1. The number of nitrogens with one attached hydrogen (secondary N) is 3. The molecule has 7 nitrogen and oxygen atoms in total. The molecule has 0 aromatic heterocycles. The number of nitrogens with zero attached hydrogens (tertiary/aromatic N) is 1. The molecule has 0 unspecified atom stereocenters. The van der Waals surface area contributed by atoms with Crippen molar-refractivity contribution in [2.75, 3.05) is 45.5 Å². The normalized spacial score (nSPS) is 18.3. The van der Waals surface area contributed by atoms with Crippen LogP contribution in [0.2, 0.25) is 0 Å². The van der Waals surface area contributed by atoms with E-state index < -0.39 is 15.6 Å². The molecule has 0 bridgehead atoms.